The molecule has 0 fully saturated rings. The molecule has 2 rings (SSSR count). The second-order valence-electron chi connectivity index (χ2n) is 4.46. The third-order valence-electron chi connectivity index (χ3n) is 2.75. The van der Waals surface area contributed by atoms with Gasteiger partial charge in [-0.15, -0.1) is 0 Å². The van der Waals surface area contributed by atoms with Crippen molar-refractivity contribution < 1.29 is 18.7 Å². The Labute approximate surface area is 133 Å². The van der Waals surface area contributed by atoms with E-state index in [9.17, 15) is 9.59 Å². The number of nitrogens with one attached hydrogen (secondary N) is 2. The SMILES string of the molecule is CCOc1ccc(/C=N\NC(=O)CNC(=O)c2ccco2)cc1. The van der Waals surface area contributed by atoms with Gasteiger partial charge in [0.25, 0.3) is 11.8 Å². The molecule has 7 nitrogen and oxygen atoms in total. The monoisotopic (exact) mass is 315 g/mol. The minimum Gasteiger partial charge on any atom is -0.494 e. The van der Waals surface area contributed by atoms with E-state index in [0.717, 1.165) is 11.3 Å². The minimum atomic E-state index is -0.458. The molecule has 0 saturated carbocycles. The number of rotatable bonds is 7. The summed E-state index contributed by atoms with van der Waals surface area (Å²) in [7, 11) is 0. The molecule has 120 valence electrons. The second kappa shape index (κ2) is 8.38. The Bertz CT molecular complexity index is 663. The number of nitrogens with zero attached hydrogens (tertiary/aromatic N) is 1. The van der Waals surface area contributed by atoms with Crippen LogP contribution in [0.3, 0.4) is 0 Å². The number of carbonyl (C=O) groups is 2. The maximum Gasteiger partial charge on any atom is 0.287 e. The number of ether oxygens (including phenoxy) is 1. The summed E-state index contributed by atoms with van der Waals surface area (Å²) in [5, 5.41) is 6.24. The van der Waals surface area contributed by atoms with E-state index in [0.29, 0.717) is 6.61 Å². The Morgan fingerprint density at radius 2 is 2.04 bits per heavy atom. The topological polar surface area (TPSA) is 92.9 Å². The minimum absolute atomic E-state index is 0.149. The Morgan fingerprint density at radius 1 is 1.26 bits per heavy atom. The zero-order chi connectivity index (χ0) is 16.5. The molecule has 1 aromatic heterocycles. The van der Waals surface area contributed by atoms with Crippen LogP contribution in [0.1, 0.15) is 23.0 Å². The van der Waals surface area contributed by atoms with Gasteiger partial charge in [0.2, 0.25) is 0 Å². The van der Waals surface area contributed by atoms with Crippen LogP contribution in [0, 0.1) is 0 Å². The van der Waals surface area contributed by atoms with E-state index in [4.69, 9.17) is 9.15 Å². The highest BCUT2D eigenvalue weighted by Gasteiger charge is 2.09. The Balaban J connectivity index is 1.74. The Hall–Kier alpha value is -3.09. The van der Waals surface area contributed by atoms with Crippen molar-refractivity contribution in [1.29, 1.82) is 0 Å². The fourth-order valence-electron chi connectivity index (χ4n) is 1.69. The van der Waals surface area contributed by atoms with Gasteiger partial charge in [-0.3, -0.25) is 9.59 Å². The van der Waals surface area contributed by atoms with E-state index in [2.05, 4.69) is 15.8 Å². The molecule has 0 atom stereocenters. The molecule has 1 heterocycles. The van der Waals surface area contributed by atoms with Gasteiger partial charge >= 0.3 is 0 Å². The van der Waals surface area contributed by atoms with Crippen LogP contribution in [0.5, 0.6) is 5.75 Å². The number of amides is 2. The summed E-state index contributed by atoms with van der Waals surface area (Å²) < 4.78 is 10.2. The van der Waals surface area contributed by atoms with Crippen LogP contribution in [-0.4, -0.2) is 31.2 Å². The third kappa shape index (κ3) is 5.31. The van der Waals surface area contributed by atoms with E-state index < -0.39 is 11.8 Å². The standard InChI is InChI=1S/C16H17N3O4/c1-2-22-13-7-5-12(6-8-13)10-18-19-15(20)11-17-16(21)14-4-3-9-23-14/h3-10H,2,11H2,1H3,(H,17,21)(H,19,20)/b18-10-. The molecule has 0 bridgehead atoms. The summed E-state index contributed by atoms with van der Waals surface area (Å²) in [6, 6.07) is 10.4. The third-order valence-corrected chi connectivity index (χ3v) is 2.75. The van der Waals surface area contributed by atoms with Crippen LogP contribution in [0.4, 0.5) is 0 Å². The van der Waals surface area contributed by atoms with E-state index >= 15 is 0 Å². The molecule has 0 spiro atoms. The van der Waals surface area contributed by atoms with Gasteiger partial charge in [0.1, 0.15) is 5.75 Å². The largest absolute Gasteiger partial charge is 0.494 e. The molecular formula is C16H17N3O4. The average molecular weight is 315 g/mol. The van der Waals surface area contributed by atoms with Crippen LogP contribution in [0.2, 0.25) is 0 Å². The van der Waals surface area contributed by atoms with E-state index in [1.54, 1.807) is 6.07 Å². The maximum absolute atomic E-state index is 11.6. The lowest BCUT2D eigenvalue weighted by atomic mass is 10.2. The van der Waals surface area contributed by atoms with Crippen molar-refractivity contribution in [2.75, 3.05) is 13.2 Å². The first kappa shape index (κ1) is 16.3. The first-order valence-corrected chi connectivity index (χ1v) is 7.05. The van der Waals surface area contributed by atoms with Gasteiger partial charge in [-0.25, -0.2) is 5.43 Å². The van der Waals surface area contributed by atoms with Crippen LogP contribution in [0.25, 0.3) is 0 Å². The highest BCUT2D eigenvalue weighted by Crippen LogP contribution is 2.10. The van der Waals surface area contributed by atoms with Crippen molar-refractivity contribution in [3.63, 3.8) is 0 Å². The van der Waals surface area contributed by atoms with Gasteiger partial charge in [0.15, 0.2) is 5.76 Å². The zero-order valence-corrected chi connectivity index (χ0v) is 12.6. The molecule has 2 amide bonds. The number of furan rings is 1. The van der Waals surface area contributed by atoms with Gasteiger partial charge in [-0.2, -0.15) is 5.10 Å². The lowest BCUT2D eigenvalue weighted by Gasteiger charge is -2.03. The van der Waals surface area contributed by atoms with Crippen molar-refractivity contribution in [3.05, 3.63) is 54.0 Å². The van der Waals surface area contributed by atoms with Crippen LogP contribution in [0.15, 0.2) is 52.2 Å². The molecule has 0 aliphatic heterocycles. The summed E-state index contributed by atoms with van der Waals surface area (Å²) in [4.78, 5) is 23.1. The molecule has 0 radical (unpaired) electrons. The van der Waals surface area contributed by atoms with Crippen LogP contribution >= 0.6 is 0 Å². The summed E-state index contributed by atoms with van der Waals surface area (Å²) >= 11 is 0. The number of benzene rings is 1. The fourth-order valence-corrected chi connectivity index (χ4v) is 1.69. The maximum atomic E-state index is 11.6. The predicted octanol–water partition coefficient (Wildman–Crippen LogP) is 1.56. The van der Waals surface area contributed by atoms with Gasteiger partial charge < -0.3 is 14.5 Å². The van der Waals surface area contributed by atoms with Crippen molar-refractivity contribution in [1.82, 2.24) is 10.7 Å². The summed E-state index contributed by atoms with van der Waals surface area (Å²) in [5.41, 5.74) is 3.14. The molecule has 0 aliphatic carbocycles. The van der Waals surface area contributed by atoms with E-state index in [1.807, 2.05) is 31.2 Å². The first-order valence-electron chi connectivity index (χ1n) is 7.05. The number of hydrogen-bond acceptors (Lipinski definition) is 5. The molecule has 0 unspecified atom stereocenters. The molecular weight excluding hydrogens is 298 g/mol. The summed E-state index contributed by atoms with van der Waals surface area (Å²) in [5.74, 6) is 0.0257. The number of hydrogen-bond donors (Lipinski definition) is 2. The van der Waals surface area contributed by atoms with Crippen LogP contribution < -0.4 is 15.5 Å². The fraction of sp³-hybridized carbons (Fsp3) is 0.188. The number of carbonyl (C=O) groups excluding carboxylic acids is 2. The normalized spacial score (nSPS) is 10.5. The predicted molar refractivity (Wildman–Crippen MR) is 84.4 cm³/mol. The zero-order valence-electron chi connectivity index (χ0n) is 12.6. The second-order valence-corrected chi connectivity index (χ2v) is 4.46. The molecule has 0 aliphatic rings. The summed E-state index contributed by atoms with van der Waals surface area (Å²) in [6.07, 6.45) is 2.89. The molecule has 2 N–H and O–H groups in total. The van der Waals surface area contributed by atoms with Crippen molar-refractivity contribution >= 4 is 18.0 Å². The van der Waals surface area contributed by atoms with E-state index in [1.165, 1.54) is 18.5 Å². The van der Waals surface area contributed by atoms with E-state index in [-0.39, 0.29) is 12.3 Å². The lowest BCUT2D eigenvalue weighted by Crippen LogP contribution is -2.34. The van der Waals surface area contributed by atoms with Crippen molar-refractivity contribution in [2.45, 2.75) is 6.92 Å². The highest BCUT2D eigenvalue weighted by atomic mass is 16.5. The molecule has 0 saturated heterocycles. The lowest BCUT2D eigenvalue weighted by molar-refractivity contribution is -0.120. The van der Waals surface area contributed by atoms with Gasteiger partial charge in [-0.05, 0) is 48.9 Å². The van der Waals surface area contributed by atoms with Crippen molar-refractivity contribution in [3.8, 4) is 5.75 Å². The molecule has 7 heteroatoms. The number of hydrazone groups is 1. The average Bonchev–Trinajstić information content (AvgIpc) is 3.09. The smallest absolute Gasteiger partial charge is 0.287 e. The molecule has 23 heavy (non-hydrogen) atoms. The Kier molecular flexibility index (Phi) is 5.93. The van der Waals surface area contributed by atoms with Gasteiger partial charge in [0, 0.05) is 0 Å². The first-order chi connectivity index (χ1) is 11.2. The quantitative estimate of drug-likeness (QED) is 0.599. The summed E-state index contributed by atoms with van der Waals surface area (Å²) in [6.45, 7) is 2.32. The van der Waals surface area contributed by atoms with Gasteiger partial charge in [-0.1, -0.05) is 0 Å². The Morgan fingerprint density at radius 3 is 2.70 bits per heavy atom. The van der Waals surface area contributed by atoms with Gasteiger partial charge in [0.05, 0.1) is 25.6 Å². The highest BCUT2D eigenvalue weighted by molar-refractivity contribution is 5.94. The molecule has 1 aromatic carbocycles. The molecule has 2 aromatic rings. The van der Waals surface area contributed by atoms with Crippen LogP contribution in [-0.2, 0) is 4.79 Å². The van der Waals surface area contributed by atoms with Crippen molar-refractivity contribution in [2.24, 2.45) is 5.10 Å².